The third kappa shape index (κ3) is 6.02. The Kier molecular flexibility index (Phi) is 9.88. The Hall–Kier alpha value is -0.630. The monoisotopic (exact) mass is 463 g/mol. The van der Waals surface area contributed by atoms with Gasteiger partial charge >= 0.3 is 0 Å². The molecule has 1 heterocycles. The summed E-state index contributed by atoms with van der Waals surface area (Å²) in [6.07, 6.45) is 2.19. The summed E-state index contributed by atoms with van der Waals surface area (Å²) in [6, 6.07) is 6.42. The van der Waals surface area contributed by atoms with Crippen molar-refractivity contribution in [3.8, 4) is 5.75 Å². The molecule has 1 unspecified atom stereocenters. The minimum atomic E-state index is 0. The number of methoxy groups -OCH3 is 1. The fourth-order valence-corrected chi connectivity index (χ4v) is 4.01. The normalized spacial score (nSPS) is 18.1. The Morgan fingerprint density at radius 3 is 2.92 bits per heavy atom. The molecule has 0 bridgehead atoms. The molecule has 1 aromatic carbocycles. The SMILES string of the molecule is CCC1CN(C(=NC)NCCc2ccc(C)c(OC)c2)CCS1.I. The Morgan fingerprint density at radius 1 is 1.46 bits per heavy atom. The molecule has 0 amide bonds. The number of hydrogen-bond donors (Lipinski definition) is 1. The summed E-state index contributed by atoms with van der Waals surface area (Å²) in [5, 5.41) is 4.24. The molecular weight excluding hydrogens is 433 g/mol. The summed E-state index contributed by atoms with van der Waals surface area (Å²) in [4.78, 5) is 6.85. The first-order valence-corrected chi connectivity index (χ1v) is 9.43. The van der Waals surface area contributed by atoms with Crippen molar-refractivity contribution in [2.24, 2.45) is 4.99 Å². The Balaban J connectivity index is 0.00000288. The van der Waals surface area contributed by atoms with Crippen LogP contribution in [0.3, 0.4) is 0 Å². The van der Waals surface area contributed by atoms with Crippen LogP contribution in [0.5, 0.6) is 5.75 Å². The van der Waals surface area contributed by atoms with E-state index in [1.165, 1.54) is 23.3 Å². The van der Waals surface area contributed by atoms with Gasteiger partial charge in [0.1, 0.15) is 5.75 Å². The second kappa shape index (κ2) is 11.1. The van der Waals surface area contributed by atoms with Gasteiger partial charge in [0.05, 0.1) is 7.11 Å². The highest BCUT2D eigenvalue weighted by atomic mass is 127. The molecule has 1 aromatic rings. The summed E-state index contributed by atoms with van der Waals surface area (Å²) in [7, 11) is 3.60. The van der Waals surface area contributed by atoms with E-state index in [9.17, 15) is 0 Å². The molecule has 1 N–H and O–H groups in total. The number of hydrogen-bond acceptors (Lipinski definition) is 3. The van der Waals surface area contributed by atoms with Crippen molar-refractivity contribution in [2.45, 2.75) is 31.9 Å². The summed E-state index contributed by atoms with van der Waals surface area (Å²) in [6.45, 7) is 7.40. The van der Waals surface area contributed by atoms with E-state index in [0.717, 1.165) is 43.0 Å². The third-order valence-corrected chi connectivity index (χ3v) is 5.65. The maximum absolute atomic E-state index is 5.40. The van der Waals surface area contributed by atoms with Crippen molar-refractivity contribution in [2.75, 3.05) is 39.5 Å². The standard InChI is InChI=1S/C18H29N3OS.HI/c1-5-16-13-21(10-11-23-16)18(19-3)20-9-8-15-7-6-14(2)17(12-15)22-4;/h6-7,12,16H,5,8-11,13H2,1-4H3,(H,19,20);1H. The number of aryl methyl sites for hydroxylation is 1. The number of benzene rings is 1. The predicted octanol–water partition coefficient (Wildman–Crippen LogP) is 3.57. The molecule has 0 aromatic heterocycles. The number of halogens is 1. The molecule has 0 saturated carbocycles. The molecule has 6 heteroatoms. The molecule has 24 heavy (non-hydrogen) atoms. The van der Waals surface area contributed by atoms with Crippen LogP contribution in [-0.4, -0.2) is 55.7 Å². The van der Waals surface area contributed by atoms with E-state index in [4.69, 9.17) is 4.74 Å². The average Bonchev–Trinajstić information content (AvgIpc) is 2.60. The average molecular weight is 463 g/mol. The number of ether oxygens (including phenoxy) is 1. The lowest BCUT2D eigenvalue weighted by Gasteiger charge is -2.34. The molecule has 1 aliphatic heterocycles. The molecule has 0 aliphatic carbocycles. The number of rotatable bonds is 5. The van der Waals surface area contributed by atoms with Crippen molar-refractivity contribution in [3.05, 3.63) is 29.3 Å². The van der Waals surface area contributed by atoms with E-state index < -0.39 is 0 Å². The lowest BCUT2D eigenvalue weighted by Crippen LogP contribution is -2.48. The van der Waals surface area contributed by atoms with E-state index in [0.29, 0.717) is 0 Å². The van der Waals surface area contributed by atoms with Gasteiger partial charge in [0.15, 0.2) is 5.96 Å². The van der Waals surface area contributed by atoms with E-state index in [1.54, 1.807) is 7.11 Å². The highest BCUT2D eigenvalue weighted by Gasteiger charge is 2.21. The second-order valence-corrected chi connectivity index (χ2v) is 7.28. The van der Waals surface area contributed by atoms with Gasteiger partial charge in [-0.15, -0.1) is 24.0 Å². The number of guanidine groups is 1. The highest BCUT2D eigenvalue weighted by Crippen LogP contribution is 2.21. The molecule has 4 nitrogen and oxygen atoms in total. The van der Waals surface area contributed by atoms with Gasteiger partial charge < -0.3 is 15.0 Å². The molecule has 0 spiro atoms. The molecule has 0 radical (unpaired) electrons. The van der Waals surface area contributed by atoms with Crippen molar-refractivity contribution in [1.82, 2.24) is 10.2 Å². The smallest absolute Gasteiger partial charge is 0.193 e. The van der Waals surface area contributed by atoms with Crippen molar-refractivity contribution >= 4 is 41.7 Å². The second-order valence-electron chi connectivity index (χ2n) is 5.88. The van der Waals surface area contributed by atoms with Gasteiger partial charge in [0, 0.05) is 37.7 Å². The van der Waals surface area contributed by atoms with Crippen molar-refractivity contribution < 1.29 is 4.74 Å². The fourth-order valence-electron chi connectivity index (χ4n) is 2.83. The van der Waals surface area contributed by atoms with Gasteiger partial charge in [-0.1, -0.05) is 19.1 Å². The van der Waals surface area contributed by atoms with Crippen LogP contribution >= 0.6 is 35.7 Å². The Morgan fingerprint density at radius 2 is 2.25 bits per heavy atom. The maximum atomic E-state index is 5.40. The first-order valence-electron chi connectivity index (χ1n) is 8.38. The topological polar surface area (TPSA) is 36.9 Å². The summed E-state index contributed by atoms with van der Waals surface area (Å²) >= 11 is 2.08. The quantitative estimate of drug-likeness (QED) is 0.412. The number of nitrogens with zero attached hydrogens (tertiary/aromatic N) is 2. The zero-order valence-electron chi connectivity index (χ0n) is 15.2. The molecule has 1 saturated heterocycles. The Labute approximate surface area is 167 Å². The van der Waals surface area contributed by atoms with Gasteiger partial charge in [0.2, 0.25) is 0 Å². The number of nitrogens with one attached hydrogen (secondary N) is 1. The van der Waals surface area contributed by atoms with E-state index >= 15 is 0 Å². The molecular formula is C18H30IN3OS. The van der Waals surface area contributed by atoms with Gasteiger partial charge in [0.25, 0.3) is 0 Å². The number of aliphatic imine (C=N–C) groups is 1. The summed E-state index contributed by atoms with van der Waals surface area (Å²) in [5.74, 6) is 3.18. The van der Waals surface area contributed by atoms with E-state index in [1.807, 2.05) is 7.05 Å². The first-order chi connectivity index (χ1) is 11.2. The van der Waals surface area contributed by atoms with Gasteiger partial charge in [-0.05, 0) is 37.0 Å². The summed E-state index contributed by atoms with van der Waals surface area (Å²) < 4.78 is 5.40. The van der Waals surface area contributed by atoms with Crippen LogP contribution in [0.25, 0.3) is 0 Å². The summed E-state index contributed by atoms with van der Waals surface area (Å²) in [5.41, 5.74) is 2.47. The molecule has 1 atom stereocenters. The molecule has 1 aliphatic rings. The van der Waals surface area contributed by atoms with Gasteiger partial charge in [-0.2, -0.15) is 11.8 Å². The maximum Gasteiger partial charge on any atom is 0.193 e. The zero-order valence-corrected chi connectivity index (χ0v) is 18.3. The Bertz CT molecular complexity index is 539. The highest BCUT2D eigenvalue weighted by molar-refractivity contribution is 14.0. The first kappa shape index (κ1) is 21.4. The van der Waals surface area contributed by atoms with Crippen LogP contribution in [0.2, 0.25) is 0 Å². The minimum Gasteiger partial charge on any atom is -0.496 e. The molecule has 1 fully saturated rings. The van der Waals surface area contributed by atoms with Crippen molar-refractivity contribution in [3.63, 3.8) is 0 Å². The van der Waals surface area contributed by atoms with Gasteiger partial charge in [-0.25, -0.2) is 0 Å². The fraction of sp³-hybridized carbons (Fsp3) is 0.611. The zero-order chi connectivity index (χ0) is 16.7. The van der Waals surface area contributed by atoms with Crippen LogP contribution in [0.1, 0.15) is 24.5 Å². The lowest BCUT2D eigenvalue weighted by molar-refractivity contribution is 0.408. The third-order valence-electron chi connectivity index (χ3n) is 4.27. The van der Waals surface area contributed by atoms with E-state index in [-0.39, 0.29) is 24.0 Å². The van der Waals surface area contributed by atoms with Crippen LogP contribution in [0.15, 0.2) is 23.2 Å². The number of thioether (sulfide) groups is 1. The van der Waals surface area contributed by atoms with Gasteiger partial charge in [-0.3, -0.25) is 4.99 Å². The lowest BCUT2D eigenvalue weighted by atomic mass is 10.1. The predicted molar refractivity (Wildman–Crippen MR) is 116 cm³/mol. The van der Waals surface area contributed by atoms with Crippen LogP contribution in [0, 0.1) is 6.92 Å². The van der Waals surface area contributed by atoms with E-state index in [2.05, 4.69) is 59.0 Å². The molecule has 2 rings (SSSR count). The minimum absolute atomic E-state index is 0. The van der Waals surface area contributed by atoms with Crippen LogP contribution < -0.4 is 10.1 Å². The van der Waals surface area contributed by atoms with Crippen LogP contribution in [0.4, 0.5) is 0 Å². The van der Waals surface area contributed by atoms with Crippen LogP contribution in [-0.2, 0) is 6.42 Å². The molecule has 136 valence electrons. The largest absolute Gasteiger partial charge is 0.496 e. The van der Waals surface area contributed by atoms with Crippen molar-refractivity contribution in [1.29, 1.82) is 0 Å².